The first-order valence-electron chi connectivity index (χ1n) is 7.82. The minimum atomic E-state index is -0.539. The summed E-state index contributed by atoms with van der Waals surface area (Å²) in [4.78, 5) is 12.8. The van der Waals surface area contributed by atoms with Crippen molar-refractivity contribution in [3.63, 3.8) is 0 Å². The molecule has 0 aromatic heterocycles. The molecule has 1 aliphatic heterocycles. The molecule has 1 atom stereocenters. The normalized spacial score (nSPS) is 22.8. The molecule has 1 heterocycles. The maximum atomic E-state index is 13.4. The van der Waals surface area contributed by atoms with E-state index in [1.807, 2.05) is 6.92 Å². The summed E-state index contributed by atoms with van der Waals surface area (Å²) in [6.45, 7) is 5.92. The first kappa shape index (κ1) is 16.7. The van der Waals surface area contributed by atoms with Crippen LogP contribution < -0.4 is 5.32 Å². The highest BCUT2D eigenvalue weighted by Gasteiger charge is 2.41. The first-order chi connectivity index (χ1) is 11.2. The molecule has 3 rings (SSSR count). The molecule has 0 spiro atoms. The molecule has 1 aromatic rings. The second kappa shape index (κ2) is 5.75. The summed E-state index contributed by atoms with van der Waals surface area (Å²) in [5.74, 6) is -0.968. The van der Waals surface area contributed by atoms with Crippen molar-refractivity contribution in [2.45, 2.75) is 39.5 Å². The Morgan fingerprint density at radius 1 is 1.38 bits per heavy atom. The van der Waals surface area contributed by atoms with Crippen LogP contribution in [0.5, 0.6) is 0 Å². The first-order valence-corrected chi connectivity index (χ1v) is 8.20. The maximum absolute atomic E-state index is 13.4. The minimum Gasteiger partial charge on any atom is -0.361 e. The van der Waals surface area contributed by atoms with Crippen molar-refractivity contribution < 1.29 is 9.18 Å². The van der Waals surface area contributed by atoms with Crippen LogP contribution in [0.3, 0.4) is 0 Å². The summed E-state index contributed by atoms with van der Waals surface area (Å²) in [6.07, 6.45) is 1.14. The predicted molar refractivity (Wildman–Crippen MR) is 90.6 cm³/mol. The Bertz CT molecular complexity index is 845. The monoisotopic (exact) mass is 344 g/mol. The number of halogens is 2. The van der Waals surface area contributed by atoms with Crippen molar-refractivity contribution in [2.75, 3.05) is 0 Å². The summed E-state index contributed by atoms with van der Waals surface area (Å²) in [6, 6.07) is 6.30. The molecule has 2 aliphatic rings. The topological polar surface area (TPSA) is 52.9 Å². The van der Waals surface area contributed by atoms with E-state index >= 15 is 0 Å². The molecular formula is C19H18ClFN2O. The number of rotatable bonds is 1. The number of carbonyl (C=O) groups excluding carboxylic acids is 1. The van der Waals surface area contributed by atoms with Crippen molar-refractivity contribution in [3.8, 4) is 6.07 Å². The highest BCUT2D eigenvalue weighted by Crippen LogP contribution is 2.47. The van der Waals surface area contributed by atoms with Gasteiger partial charge in [-0.2, -0.15) is 5.26 Å². The van der Waals surface area contributed by atoms with Crippen LogP contribution >= 0.6 is 11.6 Å². The number of dihydropyridines is 1. The highest BCUT2D eigenvalue weighted by molar-refractivity contribution is 6.31. The Morgan fingerprint density at radius 2 is 2.08 bits per heavy atom. The lowest BCUT2D eigenvalue weighted by molar-refractivity contribution is -0.118. The average molecular weight is 345 g/mol. The third-order valence-corrected chi connectivity index (χ3v) is 4.96. The van der Waals surface area contributed by atoms with Crippen molar-refractivity contribution in [1.82, 2.24) is 5.32 Å². The summed E-state index contributed by atoms with van der Waals surface area (Å²) >= 11 is 6.24. The Labute approximate surface area is 145 Å². The lowest BCUT2D eigenvalue weighted by Crippen LogP contribution is -2.36. The Kier molecular flexibility index (Phi) is 4.01. The molecule has 1 aliphatic carbocycles. The fourth-order valence-electron chi connectivity index (χ4n) is 3.63. The van der Waals surface area contributed by atoms with Gasteiger partial charge >= 0.3 is 0 Å². The summed E-state index contributed by atoms with van der Waals surface area (Å²) in [7, 11) is 0. The van der Waals surface area contributed by atoms with Gasteiger partial charge in [-0.3, -0.25) is 4.79 Å². The predicted octanol–water partition coefficient (Wildman–Crippen LogP) is 4.61. The average Bonchev–Trinajstić information content (AvgIpc) is 2.44. The van der Waals surface area contributed by atoms with E-state index in [4.69, 9.17) is 11.6 Å². The van der Waals surface area contributed by atoms with Gasteiger partial charge in [0, 0.05) is 28.4 Å². The summed E-state index contributed by atoms with van der Waals surface area (Å²) in [5.41, 5.74) is 3.06. The van der Waals surface area contributed by atoms with Crippen LogP contribution in [-0.4, -0.2) is 5.78 Å². The molecule has 0 unspecified atom stereocenters. The molecular weight excluding hydrogens is 327 g/mol. The number of ketones is 1. The number of nitrogens with zero attached hydrogens (tertiary/aromatic N) is 1. The molecule has 5 heteroatoms. The molecule has 0 amide bonds. The molecule has 1 N–H and O–H groups in total. The molecule has 0 bridgehead atoms. The third kappa shape index (κ3) is 2.74. The van der Waals surface area contributed by atoms with Crippen molar-refractivity contribution in [1.29, 1.82) is 5.26 Å². The zero-order valence-corrected chi connectivity index (χ0v) is 14.6. The lowest BCUT2D eigenvalue weighted by Gasteiger charge is -2.38. The van der Waals surface area contributed by atoms with Gasteiger partial charge in [-0.1, -0.05) is 31.5 Å². The fourth-order valence-corrected chi connectivity index (χ4v) is 3.91. The van der Waals surface area contributed by atoms with Gasteiger partial charge in [0.1, 0.15) is 5.82 Å². The van der Waals surface area contributed by atoms with Crippen LogP contribution in [0.4, 0.5) is 4.39 Å². The van der Waals surface area contributed by atoms with E-state index in [1.165, 1.54) is 12.1 Å². The minimum absolute atomic E-state index is 0.0133. The molecule has 124 valence electrons. The van der Waals surface area contributed by atoms with Crippen LogP contribution in [0.25, 0.3) is 0 Å². The quantitative estimate of drug-likeness (QED) is 0.809. The van der Waals surface area contributed by atoms with Gasteiger partial charge in [0.05, 0.1) is 17.6 Å². The van der Waals surface area contributed by atoms with Crippen LogP contribution in [-0.2, 0) is 4.79 Å². The second-order valence-electron chi connectivity index (χ2n) is 7.21. The van der Waals surface area contributed by atoms with Gasteiger partial charge in [0.25, 0.3) is 0 Å². The van der Waals surface area contributed by atoms with Crippen LogP contribution in [0, 0.1) is 22.6 Å². The highest BCUT2D eigenvalue weighted by atomic mass is 35.5. The number of nitriles is 1. The molecule has 0 radical (unpaired) electrons. The number of Topliss-reactive ketones (excluding diaryl/α,β-unsaturated/α-hetero) is 1. The van der Waals surface area contributed by atoms with Gasteiger partial charge < -0.3 is 5.32 Å². The summed E-state index contributed by atoms with van der Waals surface area (Å²) in [5, 5.41) is 13.1. The van der Waals surface area contributed by atoms with Crippen LogP contribution in [0.15, 0.2) is 40.7 Å². The smallest absolute Gasteiger partial charge is 0.162 e. The van der Waals surface area contributed by atoms with Crippen LogP contribution in [0.1, 0.15) is 45.1 Å². The van der Waals surface area contributed by atoms with E-state index in [9.17, 15) is 14.4 Å². The van der Waals surface area contributed by atoms with Crippen molar-refractivity contribution in [3.05, 3.63) is 57.1 Å². The maximum Gasteiger partial charge on any atom is 0.162 e. The Balaban J connectivity index is 2.22. The van der Waals surface area contributed by atoms with E-state index < -0.39 is 11.7 Å². The van der Waals surface area contributed by atoms with Gasteiger partial charge in [-0.15, -0.1) is 0 Å². The number of benzene rings is 1. The van der Waals surface area contributed by atoms with Crippen molar-refractivity contribution >= 4 is 17.4 Å². The SMILES string of the molecule is CC1=C(C#N)[C@@H](c2ccc(F)cc2Cl)C2=C(CC(C)(C)CC2=O)N1. The number of carbonyl (C=O) groups is 1. The number of nitrogens with one attached hydrogen (secondary N) is 1. The molecule has 0 fully saturated rings. The van der Waals surface area contributed by atoms with Gasteiger partial charge in [-0.25, -0.2) is 4.39 Å². The Hall–Kier alpha value is -2.12. The fraction of sp³-hybridized carbons (Fsp3) is 0.368. The van der Waals surface area contributed by atoms with Crippen molar-refractivity contribution in [2.24, 2.45) is 5.41 Å². The number of allylic oxidation sites excluding steroid dienone is 4. The van der Waals surface area contributed by atoms with E-state index in [2.05, 4.69) is 25.2 Å². The molecule has 3 nitrogen and oxygen atoms in total. The second-order valence-corrected chi connectivity index (χ2v) is 7.61. The Morgan fingerprint density at radius 3 is 2.71 bits per heavy atom. The summed E-state index contributed by atoms with van der Waals surface area (Å²) < 4.78 is 13.4. The standard InChI is InChI=1S/C19H18ClFN2O/c1-10-13(9-22)17(12-5-4-11(21)6-14(12)20)18-15(23-10)7-19(2,3)8-16(18)24/h4-6,17,23H,7-8H2,1-3H3/t17-/m1/s1. The molecule has 0 saturated carbocycles. The lowest BCUT2D eigenvalue weighted by atomic mass is 9.69. The largest absolute Gasteiger partial charge is 0.361 e. The number of hydrogen-bond acceptors (Lipinski definition) is 3. The molecule has 1 aromatic carbocycles. The molecule has 24 heavy (non-hydrogen) atoms. The van der Waals surface area contributed by atoms with Gasteiger partial charge in [0.2, 0.25) is 0 Å². The van der Waals surface area contributed by atoms with Gasteiger partial charge in [0.15, 0.2) is 5.78 Å². The third-order valence-electron chi connectivity index (χ3n) is 4.63. The molecule has 0 saturated heterocycles. The number of hydrogen-bond donors (Lipinski definition) is 1. The van der Waals surface area contributed by atoms with Crippen LogP contribution in [0.2, 0.25) is 5.02 Å². The zero-order chi connectivity index (χ0) is 17.6. The van der Waals surface area contributed by atoms with E-state index in [0.717, 1.165) is 12.1 Å². The van der Waals surface area contributed by atoms with E-state index in [1.54, 1.807) is 6.07 Å². The zero-order valence-electron chi connectivity index (χ0n) is 13.8. The van der Waals surface area contributed by atoms with E-state index in [-0.39, 0.29) is 16.2 Å². The van der Waals surface area contributed by atoms with Gasteiger partial charge in [-0.05, 0) is 36.5 Å². The van der Waals surface area contributed by atoms with E-state index in [0.29, 0.717) is 28.8 Å².